The standard InChI is InChI=1S/C24H25ClN2O5S/c1-4-31-19-9-7-18(8-10-19)27-33(29,30)20-11-12-23(21(25)14-20)32-15-24(28)26-22-13-16(2)5-6-17(22)3/h5-14,27H,4,15H2,1-3H3,(H,26,28). The summed E-state index contributed by atoms with van der Waals surface area (Å²) in [5.41, 5.74) is 3.05. The summed E-state index contributed by atoms with van der Waals surface area (Å²) in [6.45, 7) is 5.94. The van der Waals surface area contributed by atoms with Crippen LogP contribution in [0.15, 0.2) is 65.6 Å². The second-order valence-electron chi connectivity index (χ2n) is 7.31. The van der Waals surface area contributed by atoms with Crippen molar-refractivity contribution < 1.29 is 22.7 Å². The lowest BCUT2D eigenvalue weighted by atomic mass is 10.1. The third kappa shape index (κ3) is 6.63. The van der Waals surface area contributed by atoms with Crippen molar-refractivity contribution in [3.63, 3.8) is 0 Å². The van der Waals surface area contributed by atoms with Gasteiger partial charge in [0.05, 0.1) is 16.5 Å². The minimum atomic E-state index is -3.87. The molecule has 0 fully saturated rings. The first kappa shape index (κ1) is 24.4. The summed E-state index contributed by atoms with van der Waals surface area (Å²) in [6.07, 6.45) is 0. The molecule has 0 saturated carbocycles. The summed E-state index contributed by atoms with van der Waals surface area (Å²) in [5.74, 6) is 0.494. The average molecular weight is 489 g/mol. The summed E-state index contributed by atoms with van der Waals surface area (Å²) < 4.78 is 38.7. The van der Waals surface area contributed by atoms with Gasteiger partial charge in [-0.3, -0.25) is 9.52 Å². The van der Waals surface area contributed by atoms with E-state index in [9.17, 15) is 13.2 Å². The van der Waals surface area contributed by atoms with Crippen molar-refractivity contribution in [1.29, 1.82) is 0 Å². The van der Waals surface area contributed by atoms with E-state index < -0.39 is 10.0 Å². The van der Waals surface area contributed by atoms with Crippen molar-refractivity contribution in [1.82, 2.24) is 0 Å². The number of amides is 1. The normalized spacial score (nSPS) is 11.0. The molecule has 9 heteroatoms. The van der Waals surface area contributed by atoms with Crippen LogP contribution in [0.3, 0.4) is 0 Å². The first-order chi connectivity index (χ1) is 15.7. The van der Waals surface area contributed by atoms with E-state index in [-0.39, 0.29) is 28.2 Å². The lowest BCUT2D eigenvalue weighted by molar-refractivity contribution is -0.118. The number of anilines is 2. The lowest BCUT2D eigenvalue weighted by Gasteiger charge is -2.13. The number of hydrogen-bond donors (Lipinski definition) is 2. The molecule has 0 spiro atoms. The molecule has 7 nitrogen and oxygen atoms in total. The van der Waals surface area contributed by atoms with Gasteiger partial charge in [-0.1, -0.05) is 23.7 Å². The predicted octanol–water partition coefficient (Wildman–Crippen LogP) is 5.17. The summed E-state index contributed by atoms with van der Waals surface area (Å²) >= 11 is 6.22. The van der Waals surface area contributed by atoms with Crippen LogP contribution in [0.5, 0.6) is 11.5 Å². The largest absolute Gasteiger partial charge is 0.494 e. The van der Waals surface area contributed by atoms with E-state index in [1.54, 1.807) is 24.3 Å². The maximum Gasteiger partial charge on any atom is 0.262 e. The third-order valence-corrected chi connectivity index (χ3v) is 6.33. The second kappa shape index (κ2) is 10.6. The summed E-state index contributed by atoms with van der Waals surface area (Å²) in [7, 11) is -3.87. The van der Waals surface area contributed by atoms with Crippen LogP contribution in [-0.2, 0) is 14.8 Å². The van der Waals surface area contributed by atoms with Crippen LogP contribution in [0.2, 0.25) is 5.02 Å². The van der Waals surface area contributed by atoms with Crippen molar-refractivity contribution >= 4 is 38.9 Å². The van der Waals surface area contributed by atoms with Gasteiger partial charge in [-0.25, -0.2) is 8.42 Å². The van der Waals surface area contributed by atoms with E-state index in [2.05, 4.69) is 10.0 Å². The van der Waals surface area contributed by atoms with Gasteiger partial charge < -0.3 is 14.8 Å². The SMILES string of the molecule is CCOc1ccc(NS(=O)(=O)c2ccc(OCC(=O)Nc3cc(C)ccc3C)c(Cl)c2)cc1. The van der Waals surface area contributed by atoms with Gasteiger partial charge in [0.15, 0.2) is 6.61 Å². The Morgan fingerprint density at radius 1 is 0.970 bits per heavy atom. The fraction of sp³-hybridized carbons (Fsp3) is 0.208. The molecule has 0 bridgehead atoms. The highest BCUT2D eigenvalue weighted by molar-refractivity contribution is 7.92. The molecule has 3 rings (SSSR count). The van der Waals surface area contributed by atoms with Crippen LogP contribution in [0, 0.1) is 13.8 Å². The Hall–Kier alpha value is -3.23. The highest BCUT2D eigenvalue weighted by Gasteiger charge is 2.17. The number of carbonyl (C=O) groups is 1. The Morgan fingerprint density at radius 3 is 2.36 bits per heavy atom. The molecule has 0 radical (unpaired) electrons. The quantitative estimate of drug-likeness (QED) is 0.433. The molecular weight excluding hydrogens is 464 g/mol. The Morgan fingerprint density at radius 2 is 1.70 bits per heavy atom. The molecule has 3 aromatic rings. The number of halogens is 1. The van der Waals surface area contributed by atoms with E-state index in [1.165, 1.54) is 18.2 Å². The van der Waals surface area contributed by atoms with Crippen LogP contribution in [-0.4, -0.2) is 27.5 Å². The molecule has 2 N–H and O–H groups in total. The van der Waals surface area contributed by atoms with Crippen LogP contribution in [0.1, 0.15) is 18.1 Å². The summed E-state index contributed by atoms with van der Waals surface area (Å²) in [6, 6.07) is 16.4. The summed E-state index contributed by atoms with van der Waals surface area (Å²) in [5, 5.41) is 2.87. The molecule has 33 heavy (non-hydrogen) atoms. The fourth-order valence-electron chi connectivity index (χ4n) is 2.97. The van der Waals surface area contributed by atoms with Gasteiger partial charge in [0.1, 0.15) is 11.5 Å². The van der Waals surface area contributed by atoms with Gasteiger partial charge >= 0.3 is 0 Å². The molecule has 0 aliphatic rings. The van der Waals surface area contributed by atoms with E-state index in [4.69, 9.17) is 21.1 Å². The highest BCUT2D eigenvalue weighted by atomic mass is 35.5. The van der Waals surface area contributed by atoms with Crippen LogP contribution in [0.25, 0.3) is 0 Å². The molecule has 0 aliphatic carbocycles. The van der Waals surface area contributed by atoms with Crippen LogP contribution < -0.4 is 19.5 Å². The van der Waals surface area contributed by atoms with Crippen molar-refractivity contribution in [3.05, 3.63) is 76.8 Å². The molecular formula is C24H25ClN2O5S. The Balaban J connectivity index is 1.63. The topological polar surface area (TPSA) is 93.7 Å². The van der Waals surface area contributed by atoms with Crippen LogP contribution >= 0.6 is 11.6 Å². The first-order valence-electron chi connectivity index (χ1n) is 10.2. The van der Waals surface area contributed by atoms with E-state index in [0.29, 0.717) is 23.7 Å². The molecule has 3 aromatic carbocycles. The van der Waals surface area contributed by atoms with Gasteiger partial charge in [-0.2, -0.15) is 0 Å². The minimum Gasteiger partial charge on any atom is -0.494 e. The van der Waals surface area contributed by atoms with Crippen molar-refractivity contribution in [2.75, 3.05) is 23.3 Å². The van der Waals surface area contributed by atoms with Gasteiger partial charge in [0, 0.05) is 11.4 Å². The Bertz CT molecular complexity index is 1240. The number of aryl methyl sites for hydroxylation is 2. The van der Waals surface area contributed by atoms with Crippen molar-refractivity contribution in [2.45, 2.75) is 25.7 Å². The average Bonchev–Trinajstić information content (AvgIpc) is 2.77. The molecule has 1 amide bonds. The number of carbonyl (C=O) groups excluding carboxylic acids is 1. The number of benzene rings is 3. The van der Waals surface area contributed by atoms with Crippen molar-refractivity contribution in [2.24, 2.45) is 0 Å². The lowest BCUT2D eigenvalue weighted by Crippen LogP contribution is -2.21. The fourth-order valence-corrected chi connectivity index (χ4v) is 4.35. The Kier molecular flexibility index (Phi) is 7.84. The smallest absolute Gasteiger partial charge is 0.262 e. The molecule has 0 saturated heterocycles. The minimum absolute atomic E-state index is 0.0337. The van der Waals surface area contributed by atoms with Gasteiger partial charge in [-0.05, 0) is 80.4 Å². The number of sulfonamides is 1. The number of ether oxygens (including phenoxy) is 2. The molecule has 0 aliphatic heterocycles. The third-order valence-electron chi connectivity index (χ3n) is 4.66. The monoisotopic (exact) mass is 488 g/mol. The Labute approximate surface area is 198 Å². The zero-order valence-electron chi connectivity index (χ0n) is 18.5. The van der Waals surface area contributed by atoms with Gasteiger partial charge in [-0.15, -0.1) is 0 Å². The van der Waals surface area contributed by atoms with E-state index in [0.717, 1.165) is 11.1 Å². The predicted molar refractivity (Wildman–Crippen MR) is 130 cm³/mol. The second-order valence-corrected chi connectivity index (χ2v) is 9.40. The van der Waals surface area contributed by atoms with Gasteiger partial charge in [0.25, 0.3) is 15.9 Å². The maximum atomic E-state index is 12.7. The molecule has 0 aromatic heterocycles. The summed E-state index contributed by atoms with van der Waals surface area (Å²) in [4.78, 5) is 12.2. The number of nitrogens with one attached hydrogen (secondary N) is 2. The zero-order chi connectivity index (χ0) is 24.0. The highest BCUT2D eigenvalue weighted by Crippen LogP contribution is 2.29. The first-order valence-corrected chi connectivity index (χ1v) is 12.1. The van der Waals surface area contributed by atoms with E-state index in [1.807, 2.05) is 39.0 Å². The molecule has 0 unspecified atom stereocenters. The molecule has 0 atom stereocenters. The van der Waals surface area contributed by atoms with Crippen LogP contribution in [0.4, 0.5) is 11.4 Å². The number of rotatable bonds is 9. The van der Waals surface area contributed by atoms with Gasteiger partial charge in [0.2, 0.25) is 0 Å². The maximum absolute atomic E-state index is 12.7. The molecule has 174 valence electrons. The molecule has 0 heterocycles. The zero-order valence-corrected chi connectivity index (χ0v) is 20.1. The van der Waals surface area contributed by atoms with E-state index >= 15 is 0 Å². The van der Waals surface area contributed by atoms with Crippen molar-refractivity contribution in [3.8, 4) is 11.5 Å². The number of hydrogen-bond acceptors (Lipinski definition) is 5.